The largest absolute Gasteiger partial charge is 0.482 e. The summed E-state index contributed by atoms with van der Waals surface area (Å²) in [6.07, 6.45) is 2.07. The summed E-state index contributed by atoms with van der Waals surface area (Å²) in [7, 11) is 0. The molecular formula is C19H17Cl2N3O4. The summed E-state index contributed by atoms with van der Waals surface area (Å²) in [4.78, 5) is 23.8. The van der Waals surface area contributed by atoms with Gasteiger partial charge in [-0.25, -0.2) is 4.68 Å². The maximum Gasteiger partial charge on any atom is 0.266 e. The van der Waals surface area contributed by atoms with Crippen LogP contribution in [-0.4, -0.2) is 28.8 Å². The minimum absolute atomic E-state index is 0.173. The fourth-order valence-electron chi connectivity index (χ4n) is 2.41. The summed E-state index contributed by atoms with van der Waals surface area (Å²) in [5.74, 6) is 0.669. The molecule has 0 saturated carbocycles. The van der Waals surface area contributed by atoms with Gasteiger partial charge in [-0.05, 0) is 42.8 Å². The molecule has 1 N–H and O–H groups in total. The molecule has 7 nitrogen and oxygen atoms in total. The third-order valence-electron chi connectivity index (χ3n) is 3.76. The van der Waals surface area contributed by atoms with Crippen LogP contribution < -0.4 is 15.6 Å². The van der Waals surface area contributed by atoms with Gasteiger partial charge in [-0.2, -0.15) is 5.10 Å². The summed E-state index contributed by atoms with van der Waals surface area (Å²) < 4.78 is 12.0. The van der Waals surface area contributed by atoms with Gasteiger partial charge in [0.15, 0.2) is 12.4 Å². The smallest absolute Gasteiger partial charge is 0.266 e. The monoisotopic (exact) mass is 421 g/mol. The van der Waals surface area contributed by atoms with E-state index in [1.54, 1.807) is 36.6 Å². The van der Waals surface area contributed by atoms with Gasteiger partial charge in [0.05, 0.1) is 11.3 Å². The molecule has 1 aromatic carbocycles. The van der Waals surface area contributed by atoms with Gasteiger partial charge in [0.2, 0.25) is 0 Å². The minimum Gasteiger partial charge on any atom is -0.482 e. The lowest BCUT2D eigenvalue weighted by atomic mass is 10.3. The summed E-state index contributed by atoms with van der Waals surface area (Å²) >= 11 is 11.8. The van der Waals surface area contributed by atoms with Crippen molar-refractivity contribution in [1.82, 2.24) is 15.1 Å². The van der Waals surface area contributed by atoms with Crippen LogP contribution in [0.1, 0.15) is 6.42 Å². The Hall–Kier alpha value is -2.77. The van der Waals surface area contributed by atoms with E-state index in [2.05, 4.69) is 10.4 Å². The first-order chi connectivity index (χ1) is 13.5. The Bertz CT molecular complexity index is 1000. The maximum atomic E-state index is 11.9. The van der Waals surface area contributed by atoms with E-state index in [1.807, 2.05) is 0 Å². The molecule has 0 aliphatic carbocycles. The number of hydrogen-bond acceptors (Lipinski definition) is 5. The Labute approximate surface area is 170 Å². The number of furan rings is 1. The topological polar surface area (TPSA) is 86.4 Å². The molecule has 0 saturated heterocycles. The van der Waals surface area contributed by atoms with Crippen molar-refractivity contribution in [2.24, 2.45) is 0 Å². The van der Waals surface area contributed by atoms with E-state index >= 15 is 0 Å². The van der Waals surface area contributed by atoms with Crippen molar-refractivity contribution < 1.29 is 13.9 Å². The van der Waals surface area contributed by atoms with Crippen molar-refractivity contribution >= 4 is 29.1 Å². The highest BCUT2D eigenvalue weighted by atomic mass is 35.5. The number of aryl methyl sites for hydroxylation is 1. The van der Waals surface area contributed by atoms with Gasteiger partial charge in [-0.1, -0.05) is 23.2 Å². The second kappa shape index (κ2) is 9.43. The Morgan fingerprint density at radius 1 is 1.21 bits per heavy atom. The number of nitrogens with zero attached hydrogens (tertiary/aromatic N) is 2. The minimum atomic E-state index is -0.296. The number of benzene rings is 1. The fourth-order valence-corrected chi connectivity index (χ4v) is 2.87. The van der Waals surface area contributed by atoms with Gasteiger partial charge in [-0.3, -0.25) is 9.59 Å². The van der Waals surface area contributed by atoms with Crippen LogP contribution in [0.4, 0.5) is 0 Å². The standard InChI is InChI=1S/C19H17Cl2N3O4/c20-13-4-6-16(14(21)11-13)28-12-18(25)22-8-2-9-24-19(26)7-5-15(23-24)17-3-1-10-27-17/h1,3-7,10-11H,2,8-9,12H2,(H,22,25). The lowest BCUT2D eigenvalue weighted by Gasteiger charge is -2.09. The van der Waals surface area contributed by atoms with Crippen molar-refractivity contribution in [2.45, 2.75) is 13.0 Å². The Balaban J connectivity index is 1.45. The highest BCUT2D eigenvalue weighted by molar-refractivity contribution is 6.35. The number of carbonyl (C=O) groups excluding carboxylic acids is 1. The molecule has 0 aliphatic rings. The van der Waals surface area contributed by atoms with Gasteiger partial charge in [-0.15, -0.1) is 0 Å². The van der Waals surface area contributed by atoms with Crippen LogP contribution in [0.2, 0.25) is 10.0 Å². The number of rotatable bonds is 8. The van der Waals surface area contributed by atoms with Crippen LogP contribution in [0.5, 0.6) is 5.75 Å². The molecule has 9 heteroatoms. The van der Waals surface area contributed by atoms with Crippen molar-refractivity contribution in [3.05, 3.63) is 69.1 Å². The molecule has 0 bridgehead atoms. The van der Waals surface area contributed by atoms with Gasteiger partial charge in [0.25, 0.3) is 11.5 Å². The molecule has 146 valence electrons. The van der Waals surface area contributed by atoms with E-state index in [-0.39, 0.29) is 18.1 Å². The van der Waals surface area contributed by atoms with Crippen molar-refractivity contribution in [3.8, 4) is 17.2 Å². The van der Waals surface area contributed by atoms with Gasteiger partial charge in [0, 0.05) is 24.2 Å². The SMILES string of the molecule is O=C(COc1ccc(Cl)cc1Cl)NCCCn1nc(-c2ccco2)ccc1=O. The van der Waals surface area contributed by atoms with E-state index in [0.29, 0.717) is 46.8 Å². The normalized spacial score (nSPS) is 10.6. The molecule has 2 heterocycles. The van der Waals surface area contributed by atoms with Crippen molar-refractivity contribution in [1.29, 1.82) is 0 Å². The van der Waals surface area contributed by atoms with E-state index in [0.717, 1.165) is 0 Å². The van der Waals surface area contributed by atoms with E-state index in [4.69, 9.17) is 32.4 Å². The molecule has 3 rings (SSSR count). The van der Waals surface area contributed by atoms with Gasteiger partial charge in [0.1, 0.15) is 11.4 Å². The van der Waals surface area contributed by atoms with Crippen LogP contribution in [0.3, 0.4) is 0 Å². The molecule has 0 unspecified atom stereocenters. The van der Waals surface area contributed by atoms with E-state index in [9.17, 15) is 9.59 Å². The number of halogens is 2. The van der Waals surface area contributed by atoms with Crippen LogP contribution in [-0.2, 0) is 11.3 Å². The average molecular weight is 422 g/mol. The molecule has 28 heavy (non-hydrogen) atoms. The Kier molecular flexibility index (Phi) is 6.73. The third-order valence-corrected chi connectivity index (χ3v) is 4.29. The predicted molar refractivity (Wildman–Crippen MR) is 106 cm³/mol. The quantitative estimate of drug-likeness (QED) is 0.563. The van der Waals surface area contributed by atoms with Crippen molar-refractivity contribution in [2.75, 3.05) is 13.2 Å². The first-order valence-corrected chi connectivity index (χ1v) is 9.25. The van der Waals surface area contributed by atoms with Gasteiger partial charge < -0.3 is 14.5 Å². The second-order valence-electron chi connectivity index (χ2n) is 5.82. The summed E-state index contributed by atoms with van der Waals surface area (Å²) in [6.45, 7) is 0.556. The molecular weight excluding hydrogens is 405 g/mol. The number of hydrogen-bond donors (Lipinski definition) is 1. The zero-order chi connectivity index (χ0) is 19.9. The van der Waals surface area contributed by atoms with Crippen LogP contribution in [0.25, 0.3) is 11.5 Å². The maximum absolute atomic E-state index is 11.9. The van der Waals surface area contributed by atoms with Crippen LogP contribution in [0, 0.1) is 0 Å². The molecule has 2 aromatic heterocycles. The zero-order valence-electron chi connectivity index (χ0n) is 14.7. The van der Waals surface area contributed by atoms with Crippen LogP contribution >= 0.6 is 23.2 Å². The Morgan fingerprint density at radius 3 is 2.82 bits per heavy atom. The Morgan fingerprint density at radius 2 is 2.07 bits per heavy atom. The number of aromatic nitrogens is 2. The van der Waals surface area contributed by atoms with E-state index in [1.165, 1.54) is 16.8 Å². The molecule has 0 radical (unpaired) electrons. The van der Waals surface area contributed by atoms with Crippen molar-refractivity contribution in [3.63, 3.8) is 0 Å². The summed E-state index contributed by atoms with van der Waals surface area (Å²) in [5.41, 5.74) is 0.351. The summed E-state index contributed by atoms with van der Waals surface area (Å²) in [6, 6.07) is 11.3. The lowest BCUT2D eigenvalue weighted by molar-refractivity contribution is -0.123. The summed E-state index contributed by atoms with van der Waals surface area (Å²) in [5, 5.41) is 7.82. The predicted octanol–water partition coefficient (Wildman–Crippen LogP) is 3.40. The molecule has 0 spiro atoms. The van der Waals surface area contributed by atoms with E-state index < -0.39 is 0 Å². The lowest BCUT2D eigenvalue weighted by Crippen LogP contribution is -2.31. The third kappa shape index (κ3) is 5.37. The molecule has 3 aromatic rings. The second-order valence-corrected chi connectivity index (χ2v) is 6.67. The van der Waals surface area contributed by atoms with Crippen LogP contribution in [0.15, 0.2) is 57.9 Å². The number of ether oxygens (including phenoxy) is 1. The number of nitrogens with one attached hydrogen (secondary N) is 1. The van der Waals surface area contributed by atoms with Gasteiger partial charge >= 0.3 is 0 Å². The number of carbonyl (C=O) groups is 1. The molecule has 1 amide bonds. The molecule has 0 aliphatic heterocycles. The first kappa shape index (κ1) is 20.0. The molecule has 0 fully saturated rings. The molecule has 0 atom stereocenters. The zero-order valence-corrected chi connectivity index (χ0v) is 16.2. The highest BCUT2D eigenvalue weighted by Gasteiger charge is 2.08. The first-order valence-electron chi connectivity index (χ1n) is 8.49. The fraction of sp³-hybridized carbons (Fsp3) is 0.211. The number of amides is 1. The highest BCUT2D eigenvalue weighted by Crippen LogP contribution is 2.27. The average Bonchev–Trinajstić information content (AvgIpc) is 3.20.